The highest BCUT2D eigenvalue weighted by atomic mass is 15.1. The van der Waals surface area contributed by atoms with Gasteiger partial charge in [-0.2, -0.15) is 5.10 Å². The summed E-state index contributed by atoms with van der Waals surface area (Å²) in [7, 11) is 0. The maximum atomic E-state index is 8.56. The summed E-state index contributed by atoms with van der Waals surface area (Å²) in [5.74, 6) is 0.712. The van der Waals surface area contributed by atoms with Crippen LogP contribution >= 0.6 is 0 Å². The van der Waals surface area contributed by atoms with Gasteiger partial charge in [0, 0.05) is 29.3 Å². The number of fused-ring (bicyclic) bond motifs is 1. The van der Waals surface area contributed by atoms with Crippen LogP contribution in [0.4, 0.5) is 11.6 Å². The van der Waals surface area contributed by atoms with Crippen LogP contribution in [0.3, 0.4) is 0 Å². The van der Waals surface area contributed by atoms with Gasteiger partial charge in [-0.3, -0.25) is 10.5 Å². The lowest BCUT2D eigenvalue weighted by Gasteiger charge is -2.15. The SMILES string of the molecule is N=C(c1cn[nH]c1)c1c(N)ncnc1NCc1cc2ccccc2nc1-c1ccccc1. The van der Waals surface area contributed by atoms with Crippen LogP contribution in [-0.2, 0) is 6.54 Å². The molecule has 0 bridgehead atoms. The summed E-state index contributed by atoms with van der Waals surface area (Å²) in [6, 6.07) is 20.2. The van der Waals surface area contributed by atoms with E-state index in [-0.39, 0.29) is 11.5 Å². The lowest BCUT2D eigenvalue weighted by Crippen LogP contribution is -2.14. The topological polar surface area (TPSA) is 129 Å². The van der Waals surface area contributed by atoms with Gasteiger partial charge in [0.1, 0.15) is 18.0 Å². The van der Waals surface area contributed by atoms with E-state index in [0.29, 0.717) is 23.5 Å². The summed E-state index contributed by atoms with van der Waals surface area (Å²) >= 11 is 0. The van der Waals surface area contributed by atoms with E-state index in [1.54, 1.807) is 12.4 Å². The Morgan fingerprint density at radius 3 is 2.66 bits per heavy atom. The molecule has 0 aliphatic rings. The molecule has 8 nitrogen and oxygen atoms in total. The zero-order chi connectivity index (χ0) is 21.9. The Labute approximate surface area is 184 Å². The van der Waals surface area contributed by atoms with Gasteiger partial charge < -0.3 is 11.1 Å². The zero-order valence-electron chi connectivity index (χ0n) is 17.1. The van der Waals surface area contributed by atoms with Crippen LogP contribution in [0.1, 0.15) is 16.7 Å². The largest absolute Gasteiger partial charge is 0.383 e. The van der Waals surface area contributed by atoms with E-state index < -0.39 is 0 Å². The van der Waals surface area contributed by atoms with Gasteiger partial charge in [0.25, 0.3) is 0 Å². The summed E-state index contributed by atoms with van der Waals surface area (Å²) in [5, 5.41) is 19.6. The number of aromatic amines is 1. The van der Waals surface area contributed by atoms with Gasteiger partial charge in [0.15, 0.2) is 0 Å². The minimum absolute atomic E-state index is 0.194. The van der Waals surface area contributed by atoms with Crippen molar-refractivity contribution in [2.24, 2.45) is 0 Å². The van der Waals surface area contributed by atoms with Gasteiger partial charge in [0.2, 0.25) is 0 Å². The number of H-pyrrole nitrogens is 1. The molecule has 5 rings (SSSR count). The molecular weight excluding hydrogens is 400 g/mol. The van der Waals surface area contributed by atoms with Crippen LogP contribution in [0.15, 0.2) is 79.4 Å². The van der Waals surface area contributed by atoms with Crippen LogP contribution in [0, 0.1) is 5.41 Å². The molecule has 0 radical (unpaired) electrons. The molecule has 3 heterocycles. The monoisotopic (exact) mass is 420 g/mol. The fraction of sp³-hybridized carbons (Fsp3) is 0.0417. The number of aromatic nitrogens is 5. The van der Waals surface area contributed by atoms with E-state index in [1.807, 2.05) is 54.6 Å². The highest BCUT2D eigenvalue weighted by Gasteiger charge is 2.18. The molecule has 0 aliphatic heterocycles. The number of nitrogens with one attached hydrogen (secondary N) is 3. The molecule has 32 heavy (non-hydrogen) atoms. The highest BCUT2D eigenvalue weighted by Crippen LogP contribution is 2.27. The van der Waals surface area contributed by atoms with Gasteiger partial charge in [-0.05, 0) is 17.7 Å². The molecule has 0 spiro atoms. The molecule has 5 N–H and O–H groups in total. The van der Waals surface area contributed by atoms with Gasteiger partial charge in [-0.25, -0.2) is 15.0 Å². The summed E-state index contributed by atoms with van der Waals surface area (Å²) in [4.78, 5) is 13.4. The summed E-state index contributed by atoms with van der Waals surface area (Å²) in [6.07, 6.45) is 4.60. The van der Waals surface area contributed by atoms with Crippen molar-refractivity contribution in [3.8, 4) is 11.3 Å². The highest BCUT2D eigenvalue weighted by molar-refractivity contribution is 6.15. The second-order valence-corrected chi connectivity index (χ2v) is 7.25. The normalized spacial score (nSPS) is 10.9. The van der Waals surface area contributed by atoms with E-state index in [2.05, 4.69) is 31.5 Å². The molecule has 0 atom stereocenters. The molecule has 8 heteroatoms. The molecule has 0 unspecified atom stereocenters. The maximum Gasteiger partial charge on any atom is 0.141 e. The molecule has 156 valence electrons. The van der Waals surface area contributed by atoms with E-state index in [0.717, 1.165) is 27.7 Å². The molecule has 0 amide bonds. The Balaban J connectivity index is 1.54. The Kier molecular flexibility index (Phi) is 5.01. The maximum absolute atomic E-state index is 8.56. The van der Waals surface area contributed by atoms with Crippen molar-refractivity contribution in [3.05, 3.63) is 96.1 Å². The van der Waals surface area contributed by atoms with Gasteiger partial charge in [0.05, 0.1) is 28.7 Å². The number of benzene rings is 2. The van der Waals surface area contributed by atoms with Crippen LogP contribution in [0.5, 0.6) is 0 Å². The standard InChI is InChI=1S/C24H20N8/c25-21(18-12-30-31-13-18)20-23(26)28-14-29-24(20)27-11-17-10-16-8-4-5-9-19(16)32-22(17)15-6-2-1-3-7-15/h1-10,12-14,25H,11H2,(H,30,31)(H3,26,27,28,29). The van der Waals surface area contributed by atoms with E-state index in [4.69, 9.17) is 16.1 Å². The molecule has 0 fully saturated rings. The minimum atomic E-state index is 0.194. The van der Waals surface area contributed by atoms with Crippen molar-refractivity contribution in [2.75, 3.05) is 11.1 Å². The van der Waals surface area contributed by atoms with Gasteiger partial charge in [-0.1, -0.05) is 48.5 Å². The first-order valence-corrected chi connectivity index (χ1v) is 10.1. The number of rotatable bonds is 6. The lowest BCUT2D eigenvalue weighted by atomic mass is 10.0. The Hall–Kier alpha value is -4.59. The van der Waals surface area contributed by atoms with Crippen molar-refractivity contribution in [1.82, 2.24) is 25.1 Å². The molecule has 0 saturated heterocycles. The van der Waals surface area contributed by atoms with Crippen LogP contribution in [-0.4, -0.2) is 30.9 Å². The van der Waals surface area contributed by atoms with E-state index in [1.165, 1.54) is 6.33 Å². The Morgan fingerprint density at radius 1 is 1.03 bits per heavy atom. The average molecular weight is 420 g/mol. The summed E-state index contributed by atoms with van der Waals surface area (Å²) in [6.45, 7) is 0.449. The Morgan fingerprint density at radius 2 is 1.84 bits per heavy atom. The molecule has 3 aromatic heterocycles. The second-order valence-electron chi connectivity index (χ2n) is 7.25. The van der Waals surface area contributed by atoms with Crippen LogP contribution in [0.25, 0.3) is 22.2 Å². The first kappa shape index (κ1) is 19.4. The predicted molar refractivity (Wildman–Crippen MR) is 125 cm³/mol. The van der Waals surface area contributed by atoms with Crippen molar-refractivity contribution >= 4 is 28.3 Å². The van der Waals surface area contributed by atoms with E-state index in [9.17, 15) is 0 Å². The molecule has 5 aromatic rings. The number of nitrogen functional groups attached to an aromatic ring is 1. The van der Waals surface area contributed by atoms with Crippen molar-refractivity contribution < 1.29 is 0 Å². The quantitative estimate of drug-likeness (QED) is 0.307. The van der Waals surface area contributed by atoms with Gasteiger partial charge in [-0.15, -0.1) is 0 Å². The number of para-hydroxylation sites is 1. The zero-order valence-corrected chi connectivity index (χ0v) is 17.1. The fourth-order valence-electron chi connectivity index (χ4n) is 3.63. The molecule has 2 aromatic carbocycles. The van der Waals surface area contributed by atoms with Crippen molar-refractivity contribution in [1.29, 1.82) is 5.41 Å². The Bertz CT molecular complexity index is 1390. The molecule has 0 saturated carbocycles. The number of pyridine rings is 1. The lowest BCUT2D eigenvalue weighted by molar-refractivity contribution is 1.07. The third-order valence-electron chi connectivity index (χ3n) is 5.21. The fourth-order valence-corrected chi connectivity index (χ4v) is 3.63. The first-order valence-electron chi connectivity index (χ1n) is 10.1. The van der Waals surface area contributed by atoms with Gasteiger partial charge >= 0.3 is 0 Å². The molecule has 0 aliphatic carbocycles. The van der Waals surface area contributed by atoms with Crippen LogP contribution < -0.4 is 11.1 Å². The number of anilines is 2. The second kappa shape index (κ2) is 8.27. The minimum Gasteiger partial charge on any atom is -0.383 e. The number of nitrogens with zero attached hydrogens (tertiary/aromatic N) is 4. The number of hydrogen-bond acceptors (Lipinski definition) is 7. The third-order valence-corrected chi connectivity index (χ3v) is 5.21. The third kappa shape index (κ3) is 3.65. The van der Waals surface area contributed by atoms with E-state index >= 15 is 0 Å². The van der Waals surface area contributed by atoms with Crippen molar-refractivity contribution in [3.63, 3.8) is 0 Å². The van der Waals surface area contributed by atoms with Crippen molar-refractivity contribution in [2.45, 2.75) is 6.54 Å². The average Bonchev–Trinajstić information content (AvgIpc) is 3.37. The smallest absolute Gasteiger partial charge is 0.141 e. The first-order chi connectivity index (χ1) is 15.7. The summed E-state index contributed by atoms with van der Waals surface area (Å²) < 4.78 is 0. The van der Waals surface area contributed by atoms with Crippen LogP contribution in [0.2, 0.25) is 0 Å². The number of hydrogen-bond donors (Lipinski definition) is 4. The number of nitrogens with two attached hydrogens (primary N) is 1. The predicted octanol–water partition coefficient (Wildman–Crippen LogP) is 4.03. The molecular formula is C24H20N8. The summed E-state index contributed by atoms with van der Waals surface area (Å²) in [5.41, 5.74) is 11.2.